The predicted molar refractivity (Wildman–Crippen MR) is 73.2 cm³/mol. The molecule has 0 amide bonds. The smallest absolute Gasteiger partial charge is 0.339 e. The molecule has 0 aromatic carbocycles. The van der Waals surface area contributed by atoms with E-state index in [2.05, 4.69) is 30.7 Å². The van der Waals surface area contributed by atoms with Crippen LogP contribution in [0, 0.1) is 0 Å². The molecule has 1 aromatic rings. The van der Waals surface area contributed by atoms with Gasteiger partial charge >= 0.3 is 5.97 Å². The van der Waals surface area contributed by atoms with Crippen LogP contribution >= 0.6 is 0 Å². The van der Waals surface area contributed by atoms with Gasteiger partial charge in [0.25, 0.3) is 0 Å². The second-order valence-electron chi connectivity index (χ2n) is 4.67. The number of rotatable bonds is 7. The second kappa shape index (κ2) is 6.99. The standard InChI is InChI=1S/C14H22N2O2/c1-4-5-6-10-16(11(2)3)13-12(14(17)18)8-7-9-15-13/h7-9,11H,4-6,10H2,1-3H3,(H,17,18). The Hall–Kier alpha value is -1.58. The zero-order valence-electron chi connectivity index (χ0n) is 11.4. The molecule has 4 nitrogen and oxygen atoms in total. The monoisotopic (exact) mass is 250 g/mol. The molecule has 0 atom stereocenters. The summed E-state index contributed by atoms with van der Waals surface area (Å²) in [5.41, 5.74) is 0.280. The molecule has 0 bridgehead atoms. The van der Waals surface area contributed by atoms with Crippen molar-refractivity contribution in [1.82, 2.24) is 4.98 Å². The van der Waals surface area contributed by atoms with Gasteiger partial charge in [0.05, 0.1) is 0 Å². The van der Waals surface area contributed by atoms with E-state index >= 15 is 0 Å². The fourth-order valence-electron chi connectivity index (χ4n) is 1.93. The SMILES string of the molecule is CCCCCN(c1ncccc1C(=O)O)C(C)C. The summed E-state index contributed by atoms with van der Waals surface area (Å²) in [6, 6.07) is 3.52. The summed E-state index contributed by atoms with van der Waals surface area (Å²) in [5, 5.41) is 9.20. The van der Waals surface area contributed by atoms with Crippen LogP contribution in [0.25, 0.3) is 0 Å². The molecule has 0 saturated carbocycles. The first kappa shape index (κ1) is 14.5. The van der Waals surface area contributed by atoms with Crippen molar-refractivity contribution in [2.45, 2.75) is 46.1 Å². The van der Waals surface area contributed by atoms with Gasteiger partial charge in [-0.15, -0.1) is 0 Å². The molecule has 18 heavy (non-hydrogen) atoms. The highest BCUT2D eigenvalue weighted by molar-refractivity contribution is 5.93. The number of anilines is 1. The van der Waals surface area contributed by atoms with Gasteiger partial charge in [-0.05, 0) is 32.4 Å². The van der Waals surface area contributed by atoms with Gasteiger partial charge in [0.2, 0.25) is 0 Å². The number of carbonyl (C=O) groups is 1. The van der Waals surface area contributed by atoms with E-state index in [0.29, 0.717) is 5.82 Å². The van der Waals surface area contributed by atoms with E-state index in [0.717, 1.165) is 25.8 Å². The van der Waals surface area contributed by atoms with E-state index in [1.165, 1.54) is 0 Å². The summed E-state index contributed by atoms with van der Waals surface area (Å²) < 4.78 is 0. The zero-order valence-corrected chi connectivity index (χ0v) is 11.4. The fraction of sp³-hybridized carbons (Fsp3) is 0.571. The lowest BCUT2D eigenvalue weighted by atomic mass is 10.2. The van der Waals surface area contributed by atoms with E-state index in [4.69, 9.17) is 0 Å². The van der Waals surface area contributed by atoms with E-state index < -0.39 is 5.97 Å². The summed E-state index contributed by atoms with van der Waals surface area (Å²) >= 11 is 0. The minimum atomic E-state index is -0.917. The number of carboxylic acid groups (broad SMARTS) is 1. The Bertz CT molecular complexity index is 391. The molecular formula is C14H22N2O2. The molecule has 0 saturated heterocycles. The predicted octanol–water partition coefficient (Wildman–Crippen LogP) is 3.18. The Morgan fingerprint density at radius 2 is 2.17 bits per heavy atom. The molecule has 1 rings (SSSR count). The largest absolute Gasteiger partial charge is 0.478 e. The number of unbranched alkanes of at least 4 members (excludes halogenated alkanes) is 2. The van der Waals surface area contributed by atoms with E-state index in [-0.39, 0.29) is 11.6 Å². The molecule has 0 aliphatic heterocycles. The lowest BCUT2D eigenvalue weighted by Crippen LogP contribution is -2.33. The zero-order chi connectivity index (χ0) is 13.5. The first-order chi connectivity index (χ1) is 8.57. The fourth-order valence-corrected chi connectivity index (χ4v) is 1.93. The summed E-state index contributed by atoms with van der Waals surface area (Å²) in [5.74, 6) is -0.338. The molecule has 100 valence electrons. The first-order valence-electron chi connectivity index (χ1n) is 6.52. The van der Waals surface area contributed by atoms with Crippen molar-refractivity contribution in [3.63, 3.8) is 0 Å². The van der Waals surface area contributed by atoms with Gasteiger partial charge in [0.1, 0.15) is 11.4 Å². The Balaban J connectivity index is 2.94. The van der Waals surface area contributed by atoms with Gasteiger partial charge in [-0.25, -0.2) is 9.78 Å². The Labute approximate surface area is 109 Å². The highest BCUT2D eigenvalue weighted by Gasteiger charge is 2.18. The summed E-state index contributed by atoms with van der Waals surface area (Å²) in [6.45, 7) is 7.13. The van der Waals surface area contributed by atoms with Crippen LogP contribution < -0.4 is 4.90 Å². The number of carboxylic acids is 1. The number of pyridine rings is 1. The van der Waals surface area contributed by atoms with Crippen molar-refractivity contribution in [2.24, 2.45) is 0 Å². The van der Waals surface area contributed by atoms with Gasteiger partial charge in [-0.1, -0.05) is 19.8 Å². The quantitative estimate of drug-likeness (QED) is 0.755. The van der Waals surface area contributed by atoms with Gasteiger partial charge in [-0.2, -0.15) is 0 Å². The highest BCUT2D eigenvalue weighted by Crippen LogP contribution is 2.20. The van der Waals surface area contributed by atoms with Crippen LogP contribution in [0.5, 0.6) is 0 Å². The number of nitrogens with zero attached hydrogens (tertiary/aromatic N) is 2. The van der Waals surface area contributed by atoms with Crippen LogP contribution in [-0.4, -0.2) is 28.6 Å². The third-order valence-electron chi connectivity index (χ3n) is 2.92. The maximum absolute atomic E-state index is 11.2. The van der Waals surface area contributed by atoms with E-state index in [9.17, 15) is 9.90 Å². The van der Waals surface area contributed by atoms with Crippen LogP contribution in [0.2, 0.25) is 0 Å². The van der Waals surface area contributed by atoms with Gasteiger partial charge in [0.15, 0.2) is 0 Å². The maximum atomic E-state index is 11.2. The Kier molecular flexibility index (Phi) is 5.62. The molecule has 0 spiro atoms. The summed E-state index contributed by atoms with van der Waals surface area (Å²) in [6.07, 6.45) is 5.01. The van der Waals surface area contributed by atoms with Gasteiger partial charge in [-0.3, -0.25) is 0 Å². The van der Waals surface area contributed by atoms with Crippen molar-refractivity contribution in [3.05, 3.63) is 23.9 Å². The molecule has 0 aliphatic carbocycles. The summed E-state index contributed by atoms with van der Waals surface area (Å²) in [4.78, 5) is 17.5. The van der Waals surface area contributed by atoms with Crippen molar-refractivity contribution < 1.29 is 9.90 Å². The molecular weight excluding hydrogens is 228 g/mol. The van der Waals surface area contributed by atoms with Crippen LogP contribution in [-0.2, 0) is 0 Å². The normalized spacial score (nSPS) is 10.7. The van der Waals surface area contributed by atoms with Crippen molar-refractivity contribution in [1.29, 1.82) is 0 Å². The molecule has 0 fully saturated rings. The molecule has 0 radical (unpaired) electrons. The lowest BCUT2D eigenvalue weighted by Gasteiger charge is -2.28. The van der Waals surface area contributed by atoms with Gasteiger partial charge < -0.3 is 10.0 Å². The van der Waals surface area contributed by atoms with E-state index in [1.54, 1.807) is 18.3 Å². The van der Waals surface area contributed by atoms with Crippen LogP contribution in [0.1, 0.15) is 50.4 Å². The van der Waals surface area contributed by atoms with Gasteiger partial charge in [0, 0.05) is 18.8 Å². The lowest BCUT2D eigenvalue weighted by molar-refractivity contribution is 0.0697. The third kappa shape index (κ3) is 3.72. The van der Waals surface area contributed by atoms with Crippen molar-refractivity contribution in [3.8, 4) is 0 Å². The summed E-state index contributed by atoms with van der Waals surface area (Å²) in [7, 11) is 0. The highest BCUT2D eigenvalue weighted by atomic mass is 16.4. The number of aromatic carboxylic acids is 1. The molecule has 1 heterocycles. The van der Waals surface area contributed by atoms with Crippen LogP contribution in [0.3, 0.4) is 0 Å². The minimum Gasteiger partial charge on any atom is -0.478 e. The van der Waals surface area contributed by atoms with Crippen LogP contribution in [0.4, 0.5) is 5.82 Å². The molecule has 1 aromatic heterocycles. The third-order valence-corrected chi connectivity index (χ3v) is 2.92. The maximum Gasteiger partial charge on any atom is 0.339 e. The topological polar surface area (TPSA) is 53.4 Å². The average molecular weight is 250 g/mol. The Morgan fingerprint density at radius 3 is 2.72 bits per heavy atom. The average Bonchev–Trinajstić information content (AvgIpc) is 2.34. The van der Waals surface area contributed by atoms with Crippen molar-refractivity contribution in [2.75, 3.05) is 11.4 Å². The number of aromatic nitrogens is 1. The molecule has 1 N–H and O–H groups in total. The first-order valence-corrected chi connectivity index (χ1v) is 6.52. The molecule has 4 heteroatoms. The van der Waals surface area contributed by atoms with E-state index in [1.807, 2.05) is 0 Å². The van der Waals surface area contributed by atoms with Crippen LogP contribution in [0.15, 0.2) is 18.3 Å². The number of hydrogen-bond donors (Lipinski definition) is 1. The Morgan fingerprint density at radius 1 is 1.44 bits per heavy atom. The number of hydrogen-bond acceptors (Lipinski definition) is 3. The minimum absolute atomic E-state index is 0.245. The second-order valence-corrected chi connectivity index (χ2v) is 4.67. The molecule has 0 aliphatic rings. The van der Waals surface area contributed by atoms with Crippen molar-refractivity contribution >= 4 is 11.8 Å². The molecule has 0 unspecified atom stereocenters.